The lowest BCUT2D eigenvalue weighted by atomic mass is 10.0. The number of aldehydes is 1. The van der Waals surface area contributed by atoms with E-state index in [0.717, 1.165) is 5.56 Å². The van der Waals surface area contributed by atoms with E-state index in [2.05, 4.69) is 24.4 Å². The van der Waals surface area contributed by atoms with Crippen LogP contribution < -0.4 is 22.4 Å². The van der Waals surface area contributed by atoms with Gasteiger partial charge in [0.15, 0.2) is 0 Å². The Hall–Kier alpha value is -4.05. The second-order valence-corrected chi connectivity index (χ2v) is 8.09. The number of amides is 1. The Bertz CT molecular complexity index is 1060. The third-order valence-corrected chi connectivity index (χ3v) is 4.92. The molecule has 0 saturated heterocycles. The molecule has 0 heterocycles. The van der Waals surface area contributed by atoms with Gasteiger partial charge < -0.3 is 16.1 Å². The van der Waals surface area contributed by atoms with Gasteiger partial charge >= 0.3 is 0 Å². The second kappa shape index (κ2) is 22.0. The Morgan fingerprint density at radius 2 is 1.54 bits per heavy atom. The van der Waals surface area contributed by atoms with Crippen LogP contribution in [0.2, 0.25) is 0 Å². The summed E-state index contributed by atoms with van der Waals surface area (Å²) in [6.45, 7) is 6.58. The number of rotatable bonds is 9. The van der Waals surface area contributed by atoms with Gasteiger partial charge in [0.05, 0.1) is 12.5 Å². The van der Waals surface area contributed by atoms with Gasteiger partial charge in [-0.3, -0.25) is 14.8 Å². The minimum atomic E-state index is -0.494. The molecule has 0 fully saturated rings. The first-order valence-corrected chi connectivity index (χ1v) is 12.6. The van der Waals surface area contributed by atoms with E-state index in [4.69, 9.17) is 16.8 Å². The molecule has 0 aromatic heterocycles. The van der Waals surface area contributed by atoms with Gasteiger partial charge in [0, 0.05) is 24.0 Å². The topological polar surface area (TPSA) is 134 Å². The Balaban J connectivity index is 0.000000651. The van der Waals surface area contributed by atoms with Crippen LogP contribution in [0.5, 0.6) is 0 Å². The van der Waals surface area contributed by atoms with Crippen molar-refractivity contribution >= 4 is 12.2 Å². The Morgan fingerprint density at radius 3 is 1.97 bits per heavy atom. The van der Waals surface area contributed by atoms with E-state index < -0.39 is 5.91 Å². The van der Waals surface area contributed by atoms with Crippen molar-refractivity contribution in [2.45, 2.75) is 39.7 Å². The Kier molecular flexibility index (Phi) is 19.7. The highest BCUT2D eigenvalue weighted by molar-refractivity contribution is 5.75. The summed E-state index contributed by atoms with van der Waals surface area (Å²) in [5.74, 6) is 5.18. The number of carbonyl (C=O) groups is 2. The maximum Gasteiger partial charge on any atom is 0.245 e. The summed E-state index contributed by atoms with van der Waals surface area (Å²) >= 11 is 0. The average Bonchev–Trinajstić information content (AvgIpc) is 2.96. The van der Waals surface area contributed by atoms with Gasteiger partial charge in [-0.05, 0) is 50.2 Å². The summed E-state index contributed by atoms with van der Waals surface area (Å²) in [7, 11) is 1.78. The van der Waals surface area contributed by atoms with E-state index in [9.17, 15) is 14.0 Å². The SMILES string of the molecule is CC.CNC/C(N)=C/N(N)C(CC(=O)NO)Cc1ccccc1.Cc1ccccc1.O=Cc1ccc(F)cc1. The minimum Gasteiger partial charge on any atom is -0.400 e. The van der Waals surface area contributed by atoms with Gasteiger partial charge in [-0.2, -0.15) is 0 Å². The molecule has 0 bridgehead atoms. The molecular weight excluding hydrogens is 497 g/mol. The Labute approximate surface area is 231 Å². The molecule has 1 unspecified atom stereocenters. The van der Waals surface area contributed by atoms with Gasteiger partial charge in [0.2, 0.25) is 5.91 Å². The first kappa shape index (κ1) is 35.0. The summed E-state index contributed by atoms with van der Waals surface area (Å²) in [4.78, 5) is 21.4. The lowest BCUT2D eigenvalue weighted by Gasteiger charge is -2.26. The van der Waals surface area contributed by atoms with Gasteiger partial charge in [-0.1, -0.05) is 80.1 Å². The van der Waals surface area contributed by atoms with Crippen LogP contribution in [0.4, 0.5) is 4.39 Å². The van der Waals surface area contributed by atoms with Crippen LogP contribution in [0.25, 0.3) is 0 Å². The van der Waals surface area contributed by atoms with Crippen LogP contribution in [-0.4, -0.2) is 42.0 Å². The Morgan fingerprint density at radius 1 is 1.00 bits per heavy atom. The quantitative estimate of drug-likeness (QED) is 0.118. The molecule has 0 spiro atoms. The van der Waals surface area contributed by atoms with Crippen LogP contribution in [-0.2, 0) is 11.2 Å². The molecule has 0 saturated carbocycles. The highest BCUT2D eigenvalue weighted by Gasteiger charge is 2.18. The zero-order valence-corrected chi connectivity index (χ0v) is 23.2. The number of hydroxylamine groups is 1. The number of likely N-dealkylation sites (N-methyl/N-ethyl adjacent to an activating group) is 1. The molecule has 7 N–H and O–H groups in total. The number of halogens is 1. The van der Waals surface area contributed by atoms with Gasteiger partial charge in [0.25, 0.3) is 0 Å². The number of hydrogen-bond donors (Lipinski definition) is 5. The third kappa shape index (κ3) is 17.2. The molecule has 0 aliphatic rings. The number of hydrogen-bond acceptors (Lipinski definition) is 7. The van der Waals surface area contributed by atoms with Crippen molar-refractivity contribution < 1.29 is 19.2 Å². The monoisotopic (exact) mass is 539 g/mol. The lowest BCUT2D eigenvalue weighted by molar-refractivity contribution is -0.130. The van der Waals surface area contributed by atoms with E-state index >= 15 is 0 Å². The molecule has 3 rings (SSSR count). The second-order valence-electron chi connectivity index (χ2n) is 8.09. The molecule has 0 aliphatic heterocycles. The number of nitrogens with two attached hydrogens (primary N) is 2. The van der Waals surface area contributed by atoms with Crippen LogP contribution >= 0.6 is 0 Å². The highest BCUT2D eigenvalue weighted by atomic mass is 19.1. The van der Waals surface area contributed by atoms with Crippen molar-refractivity contribution in [2.24, 2.45) is 11.6 Å². The predicted molar refractivity (Wildman–Crippen MR) is 155 cm³/mol. The molecule has 9 heteroatoms. The number of carbonyl (C=O) groups excluding carboxylic acids is 2. The number of nitrogens with one attached hydrogen (secondary N) is 2. The lowest BCUT2D eigenvalue weighted by Crippen LogP contribution is -2.42. The highest BCUT2D eigenvalue weighted by Crippen LogP contribution is 2.11. The van der Waals surface area contributed by atoms with Crippen LogP contribution in [0, 0.1) is 12.7 Å². The zero-order chi connectivity index (χ0) is 29.5. The van der Waals surface area contributed by atoms with Crippen LogP contribution in [0.15, 0.2) is 96.8 Å². The fourth-order valence-corrected chi connectivity index (χ4v) is 3.05. The minimum absolute atomic E-state index is 0.0607. The summed E-state index contributed by atoms with van der Waals surface area (Å²) in [6.07, 6.45) is 2.90. The summed E-state index contributed by atoms with van der Waals surface area (Å²) in [5, 5.41) is 13.0. The number of nitrogens with zero attached hydrogens (tertiary/aromatic N) is 1. The van der Waals surface area contributed by atoms with E-state index in [1.807, 2.05) is 62.4 Å². The van der Waals surface area contributed by atoms with Crippen molar-refractivity contribution in [3.05, 3.63) is 119 Å². The molecule has 1 amide bonds. The van der Waals surface area contributed by atoms with E-state index in [-0.39, 0.29) is 18.3 Å². The standard InChI is InChI=1S/C14H23N5O2.C7H5FO.C7H8.C2H6/c1-17-9-12(15)10-19(16)13(8-14(20)18-21)7-11-5-3-2-4-6-11;8-7-3-1-6(5-9)2-4-7;1-7-5-3-2-4-6-7;1-2/h2-6,10,13,17,21H,7-9,15-16H2,1H3,(H,18,20);1-5H;2-6H,1H3;1-2H3/b12-10-;;;. The maximum atomic E-state index is 12.1. The average molecular weight is 540 g/mol. The van der Waals surface area contributed by atoms with Crippen LogP contribution in [0.1, 0.15) is 41.8 Å². The van der Waals surface area contributed by atoms with E-state index in [0.29, 0.717) is 30.5 Å². The van der Waals surface area contributed by atoms with Gasteiger partial charge in [-0.25, -0.2) is 15.7 Å². The van der Waals surface area contributed by atoms with Gasteiger partial charge in [0.1, 0.15) is 12.1 Å². The molecular formula is C30H42FN5O3. The summed E-state index contributed by atoms with van der Waals surface area (Å²) in [5.41, 5.74) is 10.9. The first-order valence-electron chi connectivity index (χ1n) is 12.6. The summed E-state index contributed by atoms with van der Waals surface area (Å²) < 4.78 is 12.1. The molecule has 3 aromatic carbocycles. The van der Waals surface area contributed by atoms with Crippen molar-refractivity contribution in [1.29, 1.82) is 0 Å². The predicted octanol–water partition coefficient (Wildman–Crippen LogP) is 4.35. The molecule has 3 aromatic rings. The van der Waals surface area contributed by atoms with Crippen molar-refractivity contribution in [3.63, 3.8) is 0 Å². The molecule has 39 heavy (non-hydrogen) atoms. The van der Waals surface area contributed by atoms with E-state index in [1.54, 1.807) is 18.7 Å². The van der Waals surface area contributed by atoms with Gasteiger partial charge in [-0.15, -0.1) is 0 Å². The molecule has 212 valence electrons. The molecule has 8 nitrogen and oxygen atoms in total. The largest absolute Gasteiger partial charge is 0.400 e. The maximum absolute atomic E-state index is 12.1. The summed E-state index contributed by atoms with van der Waals surface area (Å²) in [6, 6.07) is 25.0. The van der Waals surface area contributed by atoms with E-state index in [1.165, 1.54) is 34.8 Å². The molecule has 0 radical (unpaired) electrons. The normalized spacial score (nSPS) is 10.7. The van der Waals surface area contributed by atoms with Crippen LogP contribution in [0.3, 0.4) is 0 Å². The fraction of sp³-hybridized carbons (Fsp3) is 0.267. The smallest absolute Gasteiger partial charge is 0.245 e. The molecule has 1 atom stereocenters. The van der Waals surface area contributed by atoms with Crippen molar-refractivity contribution in [3.8, 4) is 0 Å². The number of aryl methyl sites for hydroxylation is 1. The fourth-order valence-electron chi connectivity index (χ4n) is 3.05. The third-order valence-electron chi connectivity index (χ3n) is 4.92. The van der Waals surface area contributed by atoms with Crippen molar-refractivity contribution in [1.82, 2.24) is 15.8 Å². The first-order chi connectivity index (χ1) is 18.8. The number of hydrazine groups is 1. The zero-order valence-electron chi connectivity index (χ0n) is 23.2. The van der Waals surface area contributed by atoms with Crippen molar-refractivity contribution in [2.75, 3.05) is 13.6 Å². The number of benzene rings is 3. The molecule has 0 aliphatic carbocycles.